The van der Waals surface area contributed by atoms with Gasteiger partial charge in [0.15, 0.2) is 0 Å². The molecule has 4 aromatic rings. The molecule has 1 unspecified atom stereocenters. The van der Waals surface area contributed by atoms with Crippen LogP contribution in [0.25, 0.3) is 22.1 Å². The lowest BCUT2D eigenvalue weighted by Gasteiger charge is -2.18. The molecule has 1 N–H and O–H groups in total. The predicted molar refractivity (Wildman–Crippen MR) is 127 cm³/mol. The predicted octanol–water partition coefficient (Wildman–Crippen LogP) is 6.23. The van der Waals surface area contributed by atoms with Crippen LogP contribution in [0, 0.1) is 0 Å². The standard InChI is InChI=1S/C26H27NO3S/c1-26(2,3)31(28)27-17-19-8-7-9-21(14-19)24-16-20(15-22-12-13-29-25(22)24)18-30-23-10-5-4-6-11-23/h4-16,27H,17-18H2,1-3H3. The molecule has 160 valence electrons. The van der Waals surface area contributed by atoms with Crippen LogP contribution in [0.15, 0.2) is 83.5 Å². The molecule has 0 bridgehead atoms. The third-order valence-electron chi connectivity index (χ3n) is 4.96. The zero-order valence-corrected chi connectivity index (χ0v) is 18.9. The summed E-state index contributed by atoms with van der Waals surface area (Å²) in [7, 11) is -1.11. The molecule has 1 heterocycles. The van der Waals surface area contributed by atoms with E-state index >= 15 is 0 Å². The summed E-state index contributed by atoms with van der Waals surface area (Å²) < 4.78 is 26.9. The van der Waals surface area contributed by atoms with Gasteiger partial charge in [-0.2, -0.15) is 0 Å². The molecule has 1 aromatic heterocycles. The second-order valence-electron chi connectivity index (χ2n) is 8.49. The zero-order chi connectivity index (χ0) is 21.8. The van der Waals surface area contributed by atoms with Gasteiger partial charge in [0.2, 0.25) is 0 Å². The number of nitrogens with one attached hydrogen (secondary N) is 1. The molecule has 0 saturated heterocycles. The molecule has 0 aliphatic carbocycles. The van der Waals surface area contributed by atoms with E-state index in [2.05, 4.69) is 29.0 Å². The fraction of sp³-hybridized carbons (Fsp3) is 0.231. The highest BCUT2D eigenvalue weighted by molar-refractivity contribution is 7.84. The summed E-state index contributed by atoms with van der Waals surface area (Å²) in [5, 5.41) is 1.04. The van der Waals surface area contributed by atoms with Crippen LogP contribution >= 0.6 is 0 Å². The first-order chi connectivity index (χ1) is 14.9. The van der Waals surface area contributed by atoms with E-state index in [4.69, 9.17) is 9.15 Å². The Labute approximate surface area is 185 Å². The van der Waals surface area contributed by atoms with E-state index in [0.717, 1.165) is 39.0 Å². The van der Waals surface area contributed by atoms with Crippen molar-refractivity contribution in [1.29, 1.82) is 0 Å². The molecule has 1 atom stereocenters. The molecule has 0 amide bonds. The van der Waals surface area contributed by atoms with E-state index < -0.39 is 11.0 Å². The maximum atomic E-state index is 12.3. The number of furan rings is 1. The summed E-state index contributed by atoms with van der Waals surface area (Å²) in [4.78, 5) is 0. The molecule has 31 heavy (non-hydrogen) atoms. The van der Waals surface area contributed by atoms with Crippen molar-refractivity contribution in [3.8, 4) is 16.9 Å². The van der Waals surface area contributed by atoms with Crippen molar-refractivity contribution >= 4 is 22.0 Å². The van der Waals surface area contributed by atoms with Gasteiger partial charge in [0.05, 0.1) is 22.0 Å². The number of benzene rings is 3. The van der Waals surface area contributed by atoms with Crippen LogP contribution < -0.4 is 9.46 Å². The summed E-state index contributed by atoms with van der Waals surface area (Å²) in [5.74, 6) is 0.844. The average Bonchev–Trinajstić information content (AvgIpc) is 3.24. The lowest BCUT2D eigenvalue weighted by atomic mass is 9.99. The molecule has 0 fully saturated rings. The molecular formula is C26H27NO3S. The second-order valence-corrected chi connectivity index (χ2v) is 10.5. The van der Waals surface area contributed by atoms with Crippen LogP contribution in [-0.2, 0) is 24.1 Å². The molecule has 0 aliphatic rings. The van der Waals surface area contributed by atoms with Gasteiger partial charge in [-0.1, -0.05) is 36.4 Å². The quantitative estimate of drug-likeness (QED) is 0.376. The highest BCUT2D eigenvalue weighted by Crippen LogP contribution is 2.32. The van der Waals surface area contributed by atoms with Gasteiger partial charge < -0.3 is 9.15 Å². The Bertz CT molecular complexity index is 1190. The first-order valence-electron chi connectivity index (χ1n) is 10.3. The van der Waals surface area contributed by atoms with Gasteiger partial charge in [0.25, 0.3) is 0 Å². The summed E-state index contributed by atoms with van der Waals surface area (Å²) in [6.45, 7) is 6.90. The third-order valence-corrected chi connectivity index (χ3v) is 6.48. The zero-order valence-electron chi connectivity index (χ0n) is 18.1. The van der Waals surface area contributed by atoms with E-state index in [9.17, 15) is 4.21 Å². The van der Waals surface area contributed by atoms with Gasteiger partial charge in [-0.3, -0.25) is 0 Å². The van der Waals surface area contributed by atoms with Crippen LogP contribution in [0.2, 0.25) is 0 Å². The monoisotopic (exact) mass is 433 g/mol. The van der Waals surface area contributed by atoms with Gasteiger partial charge in [0.1, 0.15) is 17.9 Å². The minimum atomic E-state index is -1.11. The maximum absolute atomic E-state index is 12.3. The van der Waals surface area contributed by atoms with E-state index in [1.807, 2.05) is 69.3 Å². The molecular weight excluding hydrogens is 406 g/mol. The van der Waals surface area contributed by atoms with Gasteiger partial charge in [-0.15, -0.1) is 0 Å². The van der Waals surface area contributed by atoms with Crippen molar-refractivity contribution in [1.82, 2.24) is 4.72 Å². The molecule has 4 rings (SSSR count). The molecule has 0 spiro atoms. The summed E-state index contributed by atoms with van der Waals surface area (Å²) >= 11 is 0. The van der Waals surface area contributed by atoms with Crippen LogP contribution in [-0.4, -0.2) is 8.96 Å². The number of hydrogen-bond donors (Lipinski definition) is 1. The Morgan fingerprint density at radius 1 is 0.935 bits per heavy atom. The molecule has 5 heteroatoms. The van der Waals surface area contributed by atoms with Crippen molar-refractivity contribution in [3.63, 3.8) is 0 Å². The lowest BCUT2D eigenvalue weighted by molar-refractivity contribution is 0.306. The Kier molecular flexibility index (Phi) is 6.25. The maximum Gasteiger partial charge on any atom is 0.141 e. The van der Waals surface area contributed by atoms with Crippen molar-refractivity contribution in [2.24, 2.45) is 0 Å². The van der Waals surface area contributed by atoms with Crippen molar-refractivity contribution in [3.05, 3.63) is 90.2 Å². The van der Waals surface area contributed by atoms with E-state index in [1.165, 1.54) is 0 Å². The molecule has 0 aliphatic heterocycles. The van der Waals surface area contributed by atoms with Crippen LogP contribution in [0.3, 0.4) is 0 Å². The van der Waals surface area contributed by atoms with Gasteiger partial charge in [-0.05, 0) is 73.9 Å². The van der Waals surface area contributed by atoms with E-state index in [1.54, 1.807) is 6.26 Å². The number of rotatable bonds is 7. The minimum Gasteiger partial charge on any atom is -0.489 e. The first kappa shape index (κ1) is 21.3. The van der Waals surface area contributed by atoms with Gasteiger partial charge in [0, 0.05) is 17.5 Å². The Balaban J connectivity index is 1.60. The SMILES string of the molecule is CC(C)(C)S(=O)NCc1cccc(-c2cc(COc3ccccc3)cc3ccoc23)c1. The summed E-state index contributed by atoms with van der Waals surface area (Å²) in [5.41, 5.74) is 5.08. The smallest absolute Gasteiger partial charge is 0.141 e. The van der Waals surface area contributed by atoms with Crippen LogP contribution in [0.1, 0.15) is 31.9 Å². The van der Waals surface area contributed by atoms with E-state index in [-0.39, 0.29) is 4.75 Å². The highest BCUT2D eigenvalue weighted by atomic mass is 32.2. The van der Waals surface area contributed by atoms with Crippen LogP contribution in [0.5, 0.6) is 5.75 Å². The highest BCUT2D eigenvalue weighted by Gasteiger charge is 2.19. The third kappa shape index (κ3) is 5.24. The summed E-state index contributed by atoms with van der Waals surface area (Å²) in [6, 6.07) is 24.3. The first-order valence-corrected chi connectivity index (χ1v) is 11.5. The Morgan fingerprint density at radius 3 is 2.52 bits per heavy atom. The Morgan fingerprint density at radius 2 is 1.74 bits per heavy atom. The van der Waals surface area contributed by atoms with Crippen molar-refractivity contribution in [2.45, 2.75) is 38.7 Å². The average molecular weight is 434 g/mol. The van der Waals surface area contributed by atoms with Crippen molar-refractivity contribution < 1.29 is 13.4 Å². The fourth-order valence-electron chi connectivity index (χ4n) is 3.34. The minimum absolute atomic E-state index is 0.301. The largest absolute Gasteiger partial charge is 0.489 e. The fourth-order valence-corrected chi connectivity index (χ4v) is 4.07. The van der Waals surface area contributed by atoms with Crippen molar-refractivity contribution in [2.75, 3.05) is 0 Å². The van der Waals surface area contributed by atoms with Crippen LogP contribution in [0.4, 0.5) is 0 Å². The van der Waals surface area contributed by atoms with E-state index in [0.29, 0.717) is 13.2 Å². The lowest BCUT2D eigenvalue weighted by Crippen LogP contribution is -2.32. The molecule has 4 nitrogen and oxygen atoms in total. The summed E-state index contributed by atoms with van der Waals surface area (Å²) in [6.07, 6.45) is 1.72. The molecule has 0 radical (unpaired) electrons. The number of para-hydroxylation sites is 1. The second kappa shape index (κ2) is 9.08. The molecule has 0 saturated carbocycles. The van der Waals surface area contributed by atoms with Gasteiger partial charge in [-0.25, -0.2) is 8.93 Å². The normalized spacial score (nSPS) is 12.7. The number of ether oxygens (including phenoxy) is 1. The number of fused-ring (bicyclic) bond motifs is 1. The molecule has 3 aromatic carbocycles. The van der Waals surface area contributed by atoms with Gasteiger partial charge >= 0.3 is 0 Å². The number of hydrogen-bond acceptors (Lipinski definition) is 3. The topological polar surface area (TPSA) is 51.5 Å². The Hall–Kier alpha value is -2.89.